The minimum Gasteiger partial charge on any atom is -0.495 e. The van der Waals surface area contributed by atoms with E-state index in [2.05, 4.69) is 6.92 Å². The molecule has 0 heterocycles. The molecule has 110 valence electrons. The molecule has 2 aromatic rings. The number of carbonyl (C=O) groups is 1. The third-order valence-corrected chi connectivity index (χ3v) is 3.71. The van der Waals surface area contributed by atoms with Crippen LogP contribution in [0.4, 0.5) is 0 Å². The van der Waals surface area contributed by atoms with Gasteiger partial charge < -0.3 is 9.47 Å². The molecule has 0 fully saturated rings. The summed E-state index contributed by atoms with van der Waals surface area (Å²) in [6.07, 6.45) is 0.937. The topological polar surface area (TPSA) is 35.5 Å². The molecule has 0 aromatic heterocycles. The molecule has 3 nitrogen and oxygen atoms in total. The number of ketones is 1. The molecule has 0 N–H and O–H groups in total. The van der Waals surface area contributed by atoms with E-state index in [0.29, 0.717) is 27.6 Å². The molecule has 0 radical (unpaired) electrons. The fourth-order valence-corrected chi connectivity index (χ4v) is 2.44. The minimum atomic E-state index is -0.126. The molecule has 0 aliphatic carbocycles. The van der Waals surface area contributed by atoms with Crippen molar-refractivity contribution < 1.29 is 14.3 Å². The summed E-state index contributed by atoms with van der Waals surface area (Å²) in [5, 5.41) is 0.302. The zero-order valence-corrected chi connectivity index (χ0v) is 13.0. The molecule has 0 bridgehead atoms. The van der Waals surface area contributed by atoms with Crippen molar-refractivity contribution >= 4 is 17.4 Å². The number of hydrogen-bond donors (Lipinski definition) is 0. The van der Waals surface area contributed by atoms with E-state index in [1.165, 1.54) is 19.8 Å². The molecule has 0 atom stereocenters. The molecule has 2 rings (SSSR count). The van der Waals surface area contributed by atoms with Crippen molar-refractivity contribution in [1.82, 2.24) is 0 Å². The van der Waals surface area contributed by atoms with Crippen LogP contribution in [0, 0.1) is 0 Å². The van der Waals surface area contributed by atoms with Crippen LogP contribution in [0.25, 0.3) is 0 Å². The first-order valence-electron chi connectivity index (χ1n) is 6.66. The van der Waals surface area contributed by atoms with Crippen LogP contribution in [-0.4, -0.2) is 20.0 Å². The van der Waals surface area contributed by atoms with Gasteiger partial charge >= 0.3 is 0 Å². The fraction of sp³-hybridized carbons (Fsp3) is 0.235. The van der Waals surface area contributed by atoms with E-state index in [1.54, 1.807) is 12.1 Å². The molecular weight excluding hydrogens is 288 g/mol. The highest BCUT2D eigenvalue weighted by Crippen LogP contribution is 2.37. The summed E-state index contributed by atoms with van der Waals surface area (Å²) in [5.74, 6) is 0.686. The summed E-state index contributed by atoms with van der Waals surface area (Å²) >= 11 is 6.19. The number of carbonyl (C=O) groups excluding carboxylic acids is 1. The van der Waals surface area contributed by atoms with Crippen LogP contribution in [0.5, 0.6) is 11.5 Å². The van der Waals surface area contributed by atoms with E-state index >= 15 is 0 Å². The standard InChI is InChI=1S/C17H17ClO3/c1-4-11-5-7-12(8-6-11)16(19)13-9-10-14(20-2)15(18)17(13)21-3/h5-10H,4H2,1-3H3. The largest absolute Gasteiger partial charge is 0.495 e. The van der Waals surface area contributed by atoms with Gasteiger partial charge in [-0.1, -0.05) is 42.8 Å². The van der Waals surface area contributed by atoms with Gasteiger partial charge in [-0.2, -0.15) is 0 Å². The fourth-order valence-electron chi connectivity index (χ4n) is 2.12. The number of benzene rings is 2. The molecule has 0 spiro atoms. The van der Waals surface area contributed by atoms with Gasteiger partial charge in [0, 0.05) is 5.56 Å². The monoisotopic (exact) mass is 304 g/mol. The second kappa shape index (κ2) is 6.64. The second-order valence-corrected chi connectivity index (χ2v) is 4.92. The number of halogens is 1. The van der Waals surface area contributed by atoms with Crippen LogP contribution in [-0.2, 0) is 6.42 Å². The van der Waals surface area contributed by atoms with Crippen LogP contribution >= 0.6 is 11.6 Å². The maximum absolute atomic E-state index is 12.6. The quantitative estimate of drug-likeness (QED) is 0.778. The highest BCUT2D eigenvalue weighted by molar-refractivity contribution is 6.34. The van der Waals surface area contributed by atoms with Gasteiger partial charge in [0.1, 0.15) is 10.8 Å². The van der Waals surface area contributed by atoms with Crippen molar-refractivity contribution in [2.24, 2.45) is 0 Å². The predicted octanol–water partition coefficient (Wildman–Crippen LogP) is 4.15. The highest BCUT2D eigenvalue weighted by atomic mass is 35.5. The predicted molar refractivity (Wildman–Crippen MR) is 83.8 cm³/mol. The maximum Gasteiger partial charge on any atom is 0.196 e. The summed E-state index contributed by atoms with van der Waals surface area (Å²) < 4.78 is 10.4. The summed E-state index contributed by atoms with van der Waals surface area (Å²) in [6, 6.07) is 10.9. The van der Waals surface area contributed by atoms with E-state index in [9.17, 15) is 4.79 Å². The summed E-state index contributed by atoms with van der Waals surface area (Å²) in [7, 11) is 3.00. The Morgan fingerprint density at radius 1 is 1.05 bits per heavy atom. The van der Waals surface area contributed by atoms with Gasteiger partial charge in [-0.05, 0) is 24.1 Å². The van der Waals surface area contributed by atoms with Gasteiger partial charge in [-0.25, -0.2) is 0 Å². The lowest BCUT2D eigenvalue weighted by Gasteiger charge is -2.12. The molecule has 0 aliphatic rings. The van der Waals surface area contributed by atoms with Crippen LogP contribution in [0.1, 0.15) is 28.4 Å². The maximum atomic E-state index is 12.6. The lowest BCUT2D eigenvalue weighted by molar-refractivity contribution is 0.103. The number of rotatable bonds is 5. The number of hydrogen-bond acceptors (Lipinski definition) is 3. The third kappa shape index (κ3) is 3.03. The third-order valence-electron chi connectivity index (χ3n) is 3.35. The summed E-state index contributed by atoms with van der Waals surface area (Å²) in [4.78, 5) is 12.6. The van der Waals surface area contributed by atoms with E-state index in [1.807, 2.05) is 24.3 Å². The molecule has 2 aromatic carbocycles. The van der Waals surface area contributed by atoms with E-state index in [-0.39, 0.29) is 5.78 Å². The van der Waals surface area contributed by atoms with E-state index in [4.69, 9.17) is 21.1 Å². The van der Waals surface area contributed by atoms with Crippen LogP contribution in [0.2, 0.25) is 5.02 Å². The Labute approximate surface area is 129 Å². The zero-order valence-electron chi connectivity index (χ0n) is 12.3. The Morgan fingerprint density at radius 3 is 2.24 bits per heavy atom. The molecular formula is C17H17ClO3. The Kier molecular flexibility index (Phi) is 4.86. The summed E-state index contributed by atoms with van der Waals surface area (Å²) in [6.45, 7) is 2.07. The Hall–Kier alpha value is -2.00. The lowest BCUT2D eigenvalue weighted by atomic mass is 10.0. The average Bonchev–Trinajstić information content (AvgIpc) is 2.54. The molecule has 4 heteroatoms. The van der Waals surface area contributed by atoms with Crippen molar-refractivity contribution in [2.75, 3.05) is 14.2 Å². The molecule has 21 heavy (non-hydrogen) atoms. The number of ether oxygens (including phenoxy) is 2. The van der Waals surface area contributed by atoms with Gasteiger partial charge in [0.25, 0.3) is 0 Å². The molecule has 0 saturated carbocycles. The number of aryl methyl sites for hydroxylation is 1. The van der Waals surface area contributed by atoms with Gasteiger partial charge in [0.2, 0.25) is 0 Å². The second-order valence-electron chi connectivity index (χ2n) is 4.54. The molecule has 0 saturated heterocycles. The minimum absolute atomic E-state index is 0.126. The first-order chi connectivity index (χ1) is 10.1. The smallest absolute Gasteiger partial charge is 0.196 e. The van der Waals surface area contributed by atoms with Crippen LogP contribution < -0.4 is 9.47 Å². The summed E-state index contributed by atoms with van der Waals surface area (Å²) in [5.41, 5.74) is 2.21. The van der Waals surface area contributed by atoms with Crippen molar-refractivity contribution in [3.05, 3.63) is 58.1 Å². The van der Waals surface area contributed by atoms with E-state index < -0.39 is 0 Å². The first-order valence-corrected chi connectivity index (χ1v) is 7.04. The SMILES string of the molecule is CCc1ccc(C(=O)c2ccc(OC)c(Cl)c2OC)cc1. The van der Waals surface area contributed by atoms with Gasteiger partial charge in [0.15, 0.2) is 11.5 Å². The van der Waals surface area contributed by atoms with Gasteiger partial charge in [0.05, 0.1) is 19.8 Å². The van der Waals surface area contributed by atoms with Crippen molar-refractivity contribution in [3.63, 3.8) is 0 Å². The normalized spacial score (nSPS) is 10.3. The van der Waals surface area contributed by atoms with Crippen molar-refractivity contribution in [2.45, 2.75) is 13.3 Å². The van der Waals surface area contributed by atoms with Gasteiger partial charge in [-0.15, -0.1) is 0 Å². The molecule has 0 aliphatic heterocycles. The molecule has 0 amide bonds. The van der Waals surface area contributed by atoms with Gasteiger partial charge in [-0.3, -0.25) is 4.79 Å². The average molecular weight is 305 g/mol. The van der Waals surface area contributed by atoms with Crippen LogP contribution in [0.3, 0.4) is 0 Å². The Balaban J connectivity index is 2.45. The first kappa shape index (κ1) is 15.4. The van der Waals surface area contributed by atoms with Crippen molar-refractivity contribution in [1.29, 1.82) is 0 Å². The van der Waals surface area contributed by atoms with Crippen molar-refractivity contribution in [3.8, 4) is 11.5 Å². The zero-order chi connectivity index (χ0) is 15.4. The highest BCUT2D eigenvalue weighted by Gasteiger charge is 2.19. The number of methoxy groups -OCH3 is 2. The Morgan fingerprint density at radius 2 is 1.71 bits per heavy atom. The Bertz CT molecular complexity index is 648. The lowest BCUT2D eigenvalue weighted by Crippen LogP contribution is -2.05. The van der Waals surface area contributed by atoms with E-state index in [0.717, 1.165) is 6.42 Å². The molecule has 0 unspecified atom stereocenters. The van der Waals surface area contributed by atoms with Crippen LogP contribution in [0.15, 0.2) is 36.4 Å².